The van der Waals surface area contributed by atoms with Gasteiger partial charge in [-0.05, 0) is 35.7 Å². The van der Waals surface area contributed by atoms with E-state index < -0.39 is 0 Å². The summed E-state index contributed by atoms with van der Waals surface area (Å²) < 4.78 is 16.0. The van der Waals surface area contributed by atoms with Gasteiger partial charge in [0, 0.05) is 12.1 Å². The van der Waals surface area contributed by atoms with E-state index in [1.54, 1.807) is 27.4 Å². The minimum atomic E-state index is -0.117. The summed E-state index contributed by atoms with van der Waals surface area (Å²) in [7, 11) is 4.81. The second-order valence-electron chi connectivity index (χ2n) is 5.44. The number of fused-ring (bicyclic) bond motifs is 1. The quantitative estimate of drug-likeness (QED) is 0.908. The minimum Gasteiger partial charge on any atom is -0.504 e. The Kier molecular flexibility index (Phi) is 4.30. The van der Waals surface area contributed by atoms with Crippen molar-refractivity contribution in [3.8, 4) is 23.0 Å². The third-order valence-corrected chi connectivity index (χ3v) is 4.26. The lowest BCUT2D eigenvalue weighted by Gasteiger charge is -2.29. The summed E-state index contributed by atoms with van der Waals surface area (Å²) in [5.74, 6) is 2.04. The molecule has 1 atom stereocenters. The summed E-state index contributed by atoms with van der Waals surface area (Å²) in [4.78, 5) is 0. The van der Waals surface area contributed by atoms with E-state index in [0.717, 1.165) is 29.8 Å². The van der Waals surface area contributed by atoms with E-state index in [1.165, 1.54) is 5.56 Å². The van der Waals surface area contributed by atoms with E-state index in [4.69, 9.17) is 14.2 Å². The van der Waals surface area contributed by atoms with Crippen molar-refractivity contribution in [2.45, 2.75) is 12.5 Å². The van der Waals surface area contributed by atoms with Crippen LogP contribution in [0.1, 0.15) is 22.7 Å². The lowest BCUT2D eigenvalue weighted by atomic mass is 9.89. The molecule has 0 bridgehead atoms. The lowest BCUT2D eigenvalue weighted by molar-refractivity contribution is 0.352. The molecule has 122 valence electrons. The zero-order valence-corrected chi connectivity index (χ0v) is 13.6. The summed E-state index contributed by atoms with van der Waals surface area (Å²) in [6.07, 6.45) is 0.900. The maximum atomic E-state index is 10.5. The number of methoxy groups -OCH3 is 3. The number of phenols is 1. The molecule has 2 aromatic carbocycles. The monoisotopic (exact) mass is 315 g/mol. The van der Waals surface area contributed by atoms with Gasteiger partial charge in [0.15, 0.2) is 23.0 Å². The van der Waals surface area contributed by atoms with Crippen molar-refractivity contribution in [2.24, 2.45) is 0 Å². The fourth-order valence-corrected chi connectivity index (χ4v) is 3.10. The van der Waals surface area contributed by atoms with Gasteiger partial charge in [-0.15, -0.1) is 0 Å². The summed E-state index contributed by atoms with van der Waals surface area (Å²) in [6, 6.07) is 9.40. The van der Waals surface area contributed by atoms with E-state index in [9.17, 15) is 5.11 Å². The van der Waals surface area contributed by atoms with Crippen LogP contribution in [0.15, 0.2) is 30.3 Å². The van der Waals surface area contributed by atoms with Crippen molar-refractivity contribution in [3.05, 3.63) is 47.0 Å². The van der Waals surface area contributed by atoms with Crippen LogP contribution in [0.5, 0.6) is 23.0 Å². The van der Waals surface area contributed by atoms with Crippen LogP contribution in [-0.2, 0) is 6.42 Å². The third-order valence-electron chi connectivity index (χ3n) is 4.26. The first-order chi connectivity index (χ1) is 11.2. The zero-order valence-electron chi connectivity index (χ0n) is 13.6. The molecule has 0 spiro atoms. The van der Waals surface area contributed by atoms with Crippen molar-refractivity contribution in [1.82, 2.24) is 5.32 Å². The van der Waals surface area contributed by atoms with Crippen molar-refractivity contribution in [2.75, 3.05) is 27.9 Å². The number of aromatic hydroxyl groups is 1. The van der Waals surface area contributed by atoms with Crippen LogP contribution in [-0.4, -0.2) is 33.0 Å². The normalized spacial score (nSPS) is 16.6. The number of phenolic OH excluding ortho intramolecular Hbond substituents is 1. The summed E-state index contributed by atoms with van der Waals surface area (Å²) in [5, 5.41) is 13.9. The van der Waals surface area contributed by atoms with Gasteiger partial charge in [-0.2, -0.15) is 0 Å². The molecule has 1 aliphatic rings. The second kappa shape index (κ2) is 6.38. The average molecular weight is 315 g/mol. The van der Waals surface area contributed by atoms with Gasteiger partial charge in [0.05, 0.1) is 27.4 Å². The molecule has 0 radical (unpaired) electrons. The topological polar surface area (TPSA) is 60.0 Å². The summed E-state index contributed by atoms with van der Waals surface area (Å²) in [6.45, 7) is 0.823. The SMILES string of the molecule is COc1cc2c(cc1OC)[C@@H](c1cccc(OC)c1O)NCC2. The Morgan fingerprint density at radius 3 is 2.35 bits per heavy atom. The van der Waals surface area contributed by atoms with Gasteiger partial charge in [0.1, 0.15) is 0 Å². The smallest absolute Gasteiger partial charge is 0.162 e. The Balaban J connectivity index is 2.12. The average Bonchev–Trinajstić information content (AvgIpc) is 2.60. The number of rotatable bonds is 4. The van der Waals surface area contributed by atoms with Crippen LogP contribution in [0, 0.1) is 0 Å². The van der Waals surface area contributed by atoms with Crippen molar-refractivity contribution >= 4 is 0 Å². The highest BCUT2D eigenvalue weighted by atomic mass is 16.5. The molecule has 1 aliphatic heterocycles. The highest BCUT2D eigenvalue weighted by Crippen LogP contribution is 2.41. The first kappa shape index (κ1) is 15.5. The summed E-state index contributed by atoms with van der Waals surface area (Å²) >= 11 is 0. The molecule has 0 unspecified atom stereocenters. The number of nitrogens with one attached hydrogen (secondary N) is 1. The molecule has 0 saturated carbocycles. The van der Waals surface area contributed by atoms with Crippen molar-refractivity contribution < 1.29 is 19.3 Å². The number of hydrogen-bond donors (Lipinski definition) is 2. The minimum absolute atomic E-state index is 0.117. The molecule has 0 aromatic heterocycles. The van der Waals surface area contributed by atoms with Crippen molar-refractivity contribution in [1.29, 1.82) is 0 Å². The predicted molar refractivity (Wildman–Crippen MR) is 87.8 cm³/mol. The zero-order chi connectivity index (χ0) is 16.4. The van der Waals surface area contributed by atoms with Gasteiger partial charge in [0.25, 0.3) is 0 Å². The third kappa shape index (κ3) is 2.68. The van der Waals surface area contributed by atoms with Crippen LogP contribution in [0.4, 0.5) is 0 Å². The first-order valence-electron chi connectivity index (χ1n) is 7.53. The fraction of sp³-hybridized carbons (Fsp3) is 0.333. The Morgan fingerprint density at radius 1 is 0.957 bits per heavy atom. The van der Waals surface area contributed by atoms with Gasteiger partial charge < -0.3 is 24.6 Å². The molecule has 0 saturated heterocycles. The Hall–Kier alpha value is -2.40. The summed E-state index contributed by atoms with van der Waals surface area (Å²) in [5.41, 5.74) is 3.06. The maximum absolute atomic E-state index is 10.5. The first-order valence-corrected chi connectivity index (χ1v) is 7.53. The molecule has 1 heterocycles. The standard InChI is InChI=1S/C18H21NO4/c1-21-14-6-4-5-12(18(14)20)17-13-10-16(23-3)15(22-2)9-11(13)7-8-19-17/h4-6,9-10,17,19-20H,7-8H2,1-3H3/t17-/m1/s1. The Bertz CT molecular complexity index is 714. The molecule has 5 heteroatoms. The van der Waals surface area contributed by atoms with Crippen LogP contribution in [0.2, 0.25) is 0 Å². The Labute approximate surface area is 135 Å². The lowest BCUT2D eigenvalue weighted by Crippen LogP contribution is -2.30. The van der Waals surface area contributed by atoms with E-state index >= 15 is 0 Å². The molecular weight excluding hydrogens is 294 g/mol. The highest BCUT2D eigenvalue weighted by molar-refractivity contribution is 5.55. The number of para-hydroxylation sites is 1. The van der Waals surface area contributed by atoms with Crippen LogP contribution >= 0.6 is 0 Å². The molecule has 5 nitrogen and oxygen atoms in total. The van der Waals surface area contributed by atoms with Crippen LogP contribution in [0.25, 0.3) is 0 Å². The van der Waals surface area contributed by atoms with Crippen LogP contribution < -0.4 is 19.5 Å². The fourth-order valence-electron chi connectivity index (χ4n) is 3.10. The largest absolute Gasteiger partial charge is 0.504 e. The molecule has 23 heavy (non-hydrogen) atoms. The van der Waals surface area contributed by atoms with Gasteiger partial charge in [-0.1, -0.05) is 12.1 Å². The van der Waals surface area contributed by atoms with E-state index in [0.29, 0.717) is 11.5 Å². The van der Waals surface area contributed by atoms with Crippen molar-refractivity contribution in [3.63, 3.8) is 0 Å². The van der Waals surface area contributed by atoms with Gasteiger partial charge in [-0.3, -0.25) is 0 Å². The predicted octanol–water partition coefficient (Wildman–Crippen LogP) is 2.65. The highest BCUT2D eigenvalue weighted by Gasteiger charge is 2.26. The van der Waals surface area contributed by atoms with E-state index in [-0.39, 0.29) is 11.8 Å². The van der Waals surface area contributed by atoms with Gasteiger partial charge in [-0.25, -0.2) is 0 Å². The number of hydrogen-bond acceptors (Lipinski definition) is 5. The maximum Gasteiger partial charge on any atom is 0.162 e. The number of benzene rings is 2. The molecule has 2 N–H and O–H groups in total. The second-order valence-corrected chi connectivity index (χ2v) is 5.44. The molecule has 0 aliphatic carbocycles. The van der Waals surface area contributed by atoms with Gasteiger partial charge >= 0.3 is 0 Å². The number of ether oxygens (including phenoxy) is 3. The Morgan fingerprint density at radius 2 is 1.65 bits per heavy atom. The molecule has 3 rings (SSSR count). The molecule has 0 amide bonds. The van der Waals surface area contributed by atoms with Gasteiger partial charge in [0.2, 0.25) is 0 Å². The van der Waals surface area contributed by atoms with E-state index in [1.807, 2.05) is 24.3 Å². The molecular formula is C18H21NO4. The molecule has 2 aromatic rings. The van der Waals surface area contributed by atoms with E-state index in [2.05, 4.69) is 5.32 Å². The molecule has 0 fully saturated rings. The van der Waals surface area contributed by atoms with Crippen LogP contribution in [0.3, 0.4) is 0 Å².